The Labute approximate surface area is 183 Å². The van der Waals surface area contributed by atoms with E-state index in [1.165, 1.54) is 25.4 Å². The molecule has 0 aliphatic rings. The lowest BCUT2D eigenvalue weighted by Gasteiger charge is -2.12. The number of hydrogen-bond acceptors (Lipinski definition) is 6. The Balaban J connectivity index is 2.07. The molecule has 2 aromatic rings. The molecule has 0 fully saturated rings. The quantitative estimate of drug-likeness (QED) is 0.483. The van der Waals surface area contributed by atoms with Crippen LogP contribution >= 0.6 is 0 Å². The average Bonchev–Trinajstić information content (AvgIpc) is 2.79. The smallest absolute Gasteiger partial charge is 0.317 e. The summed E-state index contributed by atoms with van der Waals surface area (Å²) >= 11 is 0. The normalized spacial score (nSPS) is 13.4. The maximum atomic E-state index is 13.1. The van der Waals surface area contributed by atoms with E-state index in [1.54, 1.807) is 24.3 Å². The van der Waals surface area contributed by atoms with Crippen LogP contribution in [0.4, 0.5) is 13.2 Å². The van der Waals surface area contributed by atoms with Gasteiger partial charge in [-0.3, -0.25) is 9.78 Å². The minimum atomic E-state index is -3.48. The number of alkyl halides is 3. The number of aliphatic hydroxyl groups excluding tert-OH is 1. The number of nitrogens with one attached hydrogen (secondary N) is 1. The van der Waals surface area contributed by atoms with E-state index >= 15 is 0 Å². The molecular formula is C20H22F3N3O5S. The van der Waals surface area contributed by atoms with Crippen molar-refractivity contribution in [2.45, 2.75) is 19.1 Å². The SMILES string of the molecule is COCCS(=O)(=O)NCc1ccc(-c2ccc([C@@H](O)C(CF)=NC(=O)C(F)F)cc2)cn1. The first-order chi connectivity index (χ1) is 15.2. The van der Waals surface area contributed by atoms with E-state index in [9.17, 15) is 31.5 Å². The predicted octanol–water partition coefficient (Wildman–Crippen LogP) is 2.05. The van der Waals surface area contributed by atoms with E-state index < -0.39 is 40.8 Å². The summed E-state index contributed by atoms with van der Waals surface area (Å²) in [6.07, 6.45) is -3.51. The molecule has 2 rings (SSSR count). The van der Waals surface area contributed by atoms with Crippen LogP contribution in [-0.2, 0) is 26.1 Å². The Kier molecular flexibility index (Phi) is 9.44. The Hall–Kier alpha value is -2.67. The van der Waals surface area contributed by atoms with Gasteiger partial charge in [0.1, 0.15) is 12.8 Å². The van der Waals surface area contributed by atoms with E-state index in [4.69, 9.17) is 4.74 Å². The van der Waals surface area contributed by atoms with Gasteiger partial charge in [0.25, 0.3) is 0 Å². The fourth-order valence-electron chi connectivity index (χ4n) is 2.55. The van der Waals surface area contributed by atoms with Crippen molar-refractivity contribution in [2.75, 3.05) is 26.1 Å². The van der Waals surface area contributed by atoms with Crippen LogP contribution in [0.1, 0.15) is 17.4 Å². The number of halogens is 3. The third-order valence-electron chi connectivity index (χ3n) is 4.31. The molecule has 0 aliphatic carbocycles. The van der Waals surface area contributed by atoms with Crippen molar-refractivity contribution in [3.63, 3.8) is 0 Å². The van der Waals surface area contributed by atoms with Crippen molar-refractivity contribution in [1.29, 1.82) is 0 Å². The number of carbonyl (C=O) groups excluding carboxylic acids is 1. The monoisotopic (exact) mass is 473 g/mol. The standard InChI is InChI=1S/C20H22F3N3O5S/c1-31-8-9-32(29,30)25-12-16-7-6-15(11-24-16)13-2-4-14(5-3-13)18(27)17(10-21)26-20(28)19(22)23/h2-7,11,18-19,25,27H,8-10,12H2,1H3/t18-/m1/s1. The van der Waals surface area contributed by atoms with E-state index in [-0.39, 0.29) is 24.5 Å². The number of aliphatic imine (C=N–C) groups is 1. The molecule has 12 heteroatoms. The second-order valence-electron chi connectivity index (χ2n) is 6.57. The minimum absolute atomic E-state index is 0.0140. The van der Waals surface area contributed by atoms with Crippen LogP contribution in [-0.4, -0.2) is 62.7 Å². The van der Waals surface area contributed by atoms with E-state index in [0.29, 0.717) is 16.8 Å². The molecule has 0 saturated heterocycles. The van der Waals surface area contributed by atoms with Crippen molar-refractivity contribution in [1.82, 2.24) is 9.71 Å². The summed E-state index contributed by atoms with van der Waals surface area (Å²) in [6.45, 7) is -1.27. The van der Waals surface area contributed by atoms with Crippen LogP contribution in [0.25, 0.3) is 11.1 Å². The van der Waals surface area contributed by atoms with E-state index in [1.807, 2.05) is 0 Å². The van der Waals surface area contributed by atoms with Gasteiger partial charge in [-0.2, -0.15) is 8.78 Å². The van der Waals surface area contributed by atoms with E-state index in [2.05, 4.69) is 14.7 Å². The molecule has 1 aromatic heterocycles. The molecule has 32 heavy (non-hydrogen) atoms. The highest BCUT2D eigenvalue weighted by Gasteiger charge is 2.21. The molecule has 0 unspecified atom stereocenters. The van der Waals surface area contributed by atoms with Crippen LogP contribution in [0.15, 0.2) is 47.6 Å². The molecule has 2 N–H and O–H groups in total. The minimum Gasteiger partial charge on any atom is -0.384 e. The number of pyridine rings is 1. The van der Waals surface area contributed by atoms with Gasteiger partial charge in [0.2, 0.25) is 10.0 Å². The number of hydrogen-bond donors (Lipinski definition) is 2. The molecule has 1 aromatic carbocycles. The predicted molar refractivity (Wildman–Crippen MR) is 112 cm³/mol. The highest BCUT2D eigenvalue weighted by molar-refractivity contribution is 7.89. The molecule has 1 amide bonds. The summed E-state index contributed by atoms with van der Waals surface area (Å²) < 4.78 is 68.4. The van der Waals surface area contributed by atoms with Crippen molar-refractivity contribution in [3.05, 3.63) is 53.9 Å². The number of methoxy groups -OCH3 is 1. The molecule has 1 atom stereocenters. The third-order valence-corrected chi connectivity index (χ3v) is 5.60. The van der Waals surface area contributed by atoms with Crippen LogP contribution in [0.2, 0.25) is 0 Å². The Bertz CT molecular complexity index is 1030. The van der Waals surface area contributed by atoms with Gasteiger partial charge in [-0.05, 0) is 17.2 Å². The molecule has 0 spiro atoms. The van der Waals surface area contributed by atoms with Gasteiger partial charge in [-0.15, -0.1) is 0 Å². The Morgan fingerprint density at radius 2 is 1.84 bits per heavy atom. The summed E-state index contributed by atoms with van der Waals surface area (Å²) in [6, 6.07) is 9.42. The summed E-state index contributed by atoms with van der Waals surface area (Å²) in [5.41, 5.74) is 1.32. The summed E-state index contributed by atoms with van der Waals surface area (Å²) in [4.78, 5) is 18.1. The second kappa shape index (κ2) is 11.8. The molecule has 8 nitrogen and oxygen atoms in total. The highest BCUT2D eigenvalue weighted by Crippen LogP contribution is 2.23. The van der Waals surface area contributed by atoms with Gasteiger partial charge in [-0.25, -0.2) is 22.5 Å². The lowest BCUT2D eigenvalue weighted by atomic mass is 10.0. The van der Waals surface area contributed by atoms with E-state index in [0.717, 1.165) is 0 Å². The van der Waals surface area contributed by atoms with Crippen LogP contribution in [0.3, 0.4) is 0 Å². The molecule has 0 aliphatic heterocycles. The van der Waals surface area contributed by atoms with Crippen molar-refractivity contribution in [3.8, 4) is 11.1 Å². The number of sulfonamides is 1. The zero-order chi connectivity index (χ0) is 23.7. The molecule has 174 valence electrons. The highest BCUT2D eigenvalue weighted by atomic mass is 32.2. The maximum absolute atomic E-state index is 13.1. The van der Waals surface area contributed by atoms with Crippen molar-refractivity contribution < 1.29 is 36.2 Å². The van der Waals surface area contributed by atoms with Crippen LogP contribution in [0, 0.1) is 0 Å². The van der Waals surface area contributed by atoms with Crippen LogP contribution in [0.5, 0.6) is 0 Å². The van der Waals surface area contributed by atoms with Gasteiger partial charge in [0.05, 0.1) is 30.3 Å². The van der Waals surface area contributed by atoms with Gasteiger partial charge >= 0.3 is 12.3 Å². The molecule has 0 bridgehead atoms. The first kappa shape index (κ1) is 25.6. The molecule has 1 heterocycles. The van der Waals surface area contributed by atoms with Gasteiger partial charge < -0.3 is 9.84 Å². The van der Waals surface area contributed by atoms with Crippen molar-refractivity contribution in [2.24, 2.45) is 4.99 Å². The third kappa shape index (κ3) is 7.48. The maximum Gasteiger partial charge on any atom is 0.317 e. The fraction of sp³-hybridized carbons (Fsp3) is 0.350. The first-order valence-electron chi connectivity index (χ1n) is 9.32. The number of aliphatic hydroxyl groups is 1. The zero-order valence-electron chi connectivity index (χ0n) is 17.0. The lowest BCUT2D eigenvalue weighted by molar-refractivity contribution is -0.128. The van der Waals surface area contributed by atoms with Crippen molar-refractivity contribution >= 4 is 21.6 Å². The largest absolute Gasteiger partial charge is 0.384 e. The number of nitrogens with zero attached hydrogens (tertiary/aromatic N) is 2. The molecular weight excluding hydrogens is 451 g/mol. The number of amides is 1. The average molecular weight is 473 g/mol. The fourth-order valence-corrected chi connectivity index (χ4v) is 3.45. The number of aromatic nitrogens is 1. The lowest BCUT2D eigenvalue weighted by Crippen LogP contribution is -2.28. The Morgan fingerprint density at radius 3 is 2.38 bits per heavy atom. The van der Waals surface area contributed by atoms with Gasteiger partial charge in [0, 0.05) is 18.9 Å². The van der Waals surface area contributed by atoms with Gasteiger partial charge in [0.15, 0.2) is 0 Å². The summed E-state index contributed by atoms with van der Waals surface area (Å²) in [5, 5.41) is 10.1. The molecule has 0 saturated carbocycles. The van der Waals surface area contributed by atoms with Gasteiger partial charge in [-0.1, -0.05) is 30.3 Å². The van der Waals surface area contributed by atoms with Crippen LogP contribution < -0.4 is 4.72 Å². The number of benzene rings is 1. The Morgan fingerprint density at radius 1 is 1.19 bits per heavy atom. The number of rotatable bonds is 11. The zero-order valence-corrected chi connectivity index (χ0v) is 17.9. The second-order valence-corrected chi connectivity index (χ2v) is 8.50. The summed E-state index contributed by atoms with van der Waals surface area (Å²) in [5.74, 6) is -1.98. The first-order valence-corrected chi connectivity index (χ1v) is 11.0. The summed E-state index contributed by atoms with van der Waals surface area (Å²) in [7, 11) is -2.07. The molecule has 0 radical (unpaired) electrons. The number of carbonyl (C=O) groups is 1. The topological polar surface area (TPSA) is 118 Å². The number of ether oxygens (including phenoxy) is 1.